The number of piperidine rings is 1. The number of ether oxygens (including phenoxy) is 2. The summed E-state index contributed by atoms with van der Waals surface area (Å²) in [6, 6.07) is 7.69. The van der Waals surface area contributed by atoms with Gasteiger partial charge in [-0.05, 0) is 42.7 Å². The Hall–Kier alpha value is -3.10. The number of amides is 1. The van der Waals surface area contributed by atoms with E-state index in [4.69, 9.17) is 9.47 Å². The first-order valence-corrected chi connectivity index (χ1v) is 9.03. The highest BCUT2D eigenvalue weighted by atomic mass is 19.4. The normalized spacial score (nSPS) is 17.4. The quantitative estimate of drug-likeness (QED) is 0.709. The van der Waals surface area contributed by atoms with Crippen LogP contribution in [0.15, 0.2) is 42.6 Å². The van der Waals surface area contributed by atoms with Crippen LogP contribution in [-0.2, 0) is 11.0 Å². The molecule has 1 amide bonds. The molecule has 29 heavy (non-hydrogen) atoms. The lowest BCUT2D eigenvalue weighted by Crippen LogP contribution is -2.44. The van der Waals surface area contributed by atoms with Crippen LogP contribution in [-0.4, -0.2) is 47.1 Å². The van der Waals surface area contributed by atoms with E-state index in [1.807, 2.05) is 12.1 Å². The van der Waals surface area contributed by atoms with Gasteiger partial charge in [-0.3, -0.25) is 4.79 Å². The van der Waals surface area contributed by atoms with Crippen molar-refractivity contribution in [3.63, 3.8) is 0 Å². The molecule has 1 unspecified atom stereocenters. The Morgan fingerprint density at radius 3 is 2.69 bits per heavy atom. The first kappa shape index (κ1) is 20.6. The number of carbonyl (C=O) groups excluding carboxylic acids is 1. The number of likely N-dealkylation sites (tertiary alicyclic amines) is 1. The van der Waals surface area contributed by atoms with E-state index < -0.39 is 18.0 Å². The molecular formula is C20H20F3N3O3. The average Bonchev–Trinajstić information content (AvgIpc) is 2.72. The number of nitrogens with zero attached hydrogens (tertiary/aromatic N) is 3. The molecule has 0 aliphatic carbocycles. The van der Waals surface area contributed by atoms with Crippen LogP contribution >= 0.6 is 0 Å². The highest BCUT2D eigenvalue weighted by Crippen LogP contribution is 2.28. The summed E-state index contributed by atoms with van der Waals surface area (Å²) >= 11 is 0. The van der Waals surface area contributed by atoms with Crippen molar-refractivity contribution in [3.05, 3.63) is 53.9 Å². The van der Waals surface area contributed by atoms with Gasteiger partial charge in [0.05, 0.1) is 13.7 Å². The third-order valence-corrected chi connectivity index (χ3v) is 4.42. The van der Waals surface area contributed by atoms with Crippen LogP contribution in [0.25, 0.3) is 6.08 Å². The molecule has 0 N–H and O–H groups in total. The number of halogens is 3. The molecule has 0 saturated carbocycles. The van der Waals surface area contributed by atoms with Crippen molar-refractivity contribution in [2.24, 2.45) is 0 Å². The van der Waals surface area contributed by atoms with Crippen LogP contribution in [0.3, 0.4) is 0 Å². The van der Waals surface area contributed by atoms with Crippen LogP contribution in [0.1, 0.15) is 24.1 Å². The molecule has 9 heteroatoms. The molecule has 1 fully saturated rings. The fourth-order valence-corrected chi connectivity index (χ4v) is 2.93. The Bertz CT molecular complexity index is 869. The molecule has 0 radical (unpaired) electrons. The van der Waals surface area contributed by atoms with Gasteiger partial charge < -0.3 is 14.4 Å². The molecule has 1 aromatic carbocycles. The molecule has 2 aromatic rings. The van der Waals surface area contributed by atoms with Crippen molar-refractivity contribution >= 4 is 12.0 Å². The van der Waals surface area contributed by atoms with Gasteiger partial charge in [0.2, 0.25) is 5.91 Å². The van der Waals surface area contributed by atoms with E-state index in [2.05, 4.69) is 9.97 Å². The van der Waals surface area contributed by atoms with Crippen molar-refractivity contribution in [1.29, 1.82) is 0 Å². The minimum Gasteiger partial charge on any atom is -0.497 e. The lowest BCUT2D eigenvalue weighted by atomic mass is 10.1. The monoisotopic (exact) mass is 407 g/mol. The van der Waals surface area contributed by atoms with E-state index in [0.29, 0.717) is 19.4 Å². The van der Waals surface area contributed by atoms with Gasteiger partial charge in [-0.2, -0.15) is 18.2 Å². The number of carbonyl (C=O) groups is 1. The van der Waals surface area contributed by atoms with Crippen LogP contribution in [0, 0.1) is 0 Å². The van der Waals surface area contributed by atoms with Crippen molar-refractivity contribution in [2.75, 3.05) is 20.2 Å². The molecule has 6 nitrogen and oxygen atoms in total. The molecule has 0 bridgehead atoms. The Morgan fingerprint density at radius 1 is 1.24 bits per heavy atom. The van der Waals surface area contributed by atoms with Gasteiger partial charge in [0.15, 0.2) is 5.69 Å². The summed E-state index contributed by atoms with van der Waals surface area (Å²) < 4.78 is 48.9. The van der Waals surface area contributed by atoms with Gasteiger partial charge in [0.25, 0.3) is 0 Å². The maximum absolute atomic E-state index is 12.8. The number of aromatic nitrogens is 2. The Morgan fingerprint density at radius 2 is 2.00 bits per heavy atom. The minimum atomic E-state index is -4.57. The number of rotatable bonds is 5. The maximum Gasteiger partial charge on any atom is 0.433 e. The largest absolute Gasteiger partial charge is 0.497 e. The summed E-state index contributed by atoms with van der Waals surface area (Å²) in [6.07, 6.45) is 0.409. The summed E-state index contributed by atoms with van der Waals surface area (Å²) in [7, 11) is 1.58. The second kappa shape index (κ2) is 8.93. The first-order valence-electron chi connectivity index (χ1n) is 9.03. The van der Waals surface area contributed by atoms with E-state index in [0.717, 1.165) is 23.6 Å². The van der Waals surface area contributed by atoms with E-state index in [1.165, 1.54) is 6.08 Å². The number of benzene rings is 1. The van der Waals surface area contributed by atoms with Gasteiger partial charge in [0, 0.05) is 18.8 Å². The smallest absolute Gasteiger partial charge is 0.433 e. The SMILES string of the molecule is COc1ccc(/C=C/C(=O)N2CCCC(Oc3nccc(C(F)(F)F)n3)C2)cc1. The predicted octanol–water partition coefficient (Wildman–Crippen LogP) is 3.59. The minimum absolute atomic E-state index is 0.195. The van der Waals surface area contributed by atoms with E-state index in [9.17, 15) is 18.0 Å². The van der Waals surface area contributed by atoms with Crippen molar-refractivity contribution in [3.8, 4) is 11.8 Å². The van der Waals surface area contributed by atoms with Crippen LogP contribution in [0.5, 0.6) is 11.8 Å². The summed E-state index contributed by atoms with van der Waals surface area (Å²) in [5.41, 5.74) is -0.213. The van der Waals surface area contributed by atoms with Crippen molar-refractivity contribution < 1.29 is 27.4 Å². The van der Waals surface area contributed by atoms with Crippen LogP contribution < -0.4 is 9.47 Å². The van der Waals surface area contributed by atoms with Gasteiger partial charge in [-0.25, -0.2) is 4.98 Å². The summed E-state index contributed by atoms with van der Waals surface area (Å²) in [4.78, 5) is 21.2. The molecule has 1 saturated heterocycles. The van der Waals surface area contributed by atoms with Crippen LogP contribution in [0.2, 0.25) is 0 Å². The second-order valence-electron chi connectivity index (χ2n) is 6.50. The Labute approximate surface area is 166 Å². The summed E-state index contributed by atoms with van der Waals surface area (Å²) in [6.45, 7) is 0.806. The standard InChI is InChI=1S/C20H20F3N3O3/c1-28-15-7-4-14(5-8-15)6-9-18(27)26-12-2-3-16(13-26)29-19-24-11-10-17(25-19)20(21,22)23/h4-11,16H,2-3,12-13H2,1H3/b9-6+. The lowest BCUT2D eigenvalue weighted by molar-refractivity contribution is -0.141. The highest BCUT2D eigenvalue weighted by molar-refractivity contribution is 5.91. The third-order valence-electron chi connectivity index (χ3n) is 4.42. The molecular weight excluding hydrogens is 387 g/mol. The number of hydrogen-bond donors (Lipinski definition) is 0. The molecule has 1 aliphatic rings. The maximum atomic E-state index is 12.8. The van der Waals surface area contributed by atoms with Gasteiger partial charge in [-0.15, -0.1) is 0 Å². The van der Waals surface area contributed by atoms with Gasteiger partial charge in [0.1, 0.15) is 11.9 Å². The first-order chi connectivity index (χ1) is 13.8. The average molecular weight is 407 g/mol. The molecule has 1 aliphatic heterocycles. The number of alkyl halides is 3. The Kier molecular flexibility index (Phi) is 6.36. The van der Waals surface area contributed by atoms with Crippen molar-refractivity contribution in [1.82, 2.24) is 14.9 Å². The highest BCUT2D eigenvalue weighted by Gasteiger charge is 2.33. The molecule has 154 valence electrons. The third kappa shape index (κ3) is 5.69. The number of methoxy groups -OCH3 is 1. The topological polar surface area (TPSA) is 64.5 Å². The zero-order valence-corrected chi connectivity index (χ0v) is 15.7. The number of hydrogen-bond acceptors (Lipinski definition) is 5. The molecule has 0 spiro atoms. The van der Waals surface area contributed by atoms with Crippen molar-refractivity contribution in [2.45, 2.75) is 25.1 Å². The summed E-state index contributed by atoms with van der Waals surface area (Å²) in [5.74, 6) is 0.528. The molecule has 1 aromatic heterocycles. The fraction of sp³-hybridized carbons (Fsp3) is 0.350. The molecule has 2 heterocycles. The lowest BCUT2D eigenvalue weighted by Gasteiger charge is -2.31. The zero-order valence-electron chi connectivity index (χ0n) is 15.7. The van der Waals surface area contributed by atoms with E-state index in [1.54, 1.807) is 30.2 Å². The molecule has 3 rings (SSSR count). The van der Waals surface area contributed by atoms with E-state index in [-0.39, 0.29) is 18.5 Å². The van der Waals surface area contributed by atoms with Gasteiger partial charge >= 0.3 is 12.2 Å². The predicted molar refractivity (Wildman–Crippen MR) is 99.3 cm³/mol. The summed E-state index contributed by atoms with van der Waals surface area (Å²) in [5, 5.41) is 0. The zero-order chi connectivity index (χ0) is 20.9. The second-order valence-corrected chi connectivity index (χ2v) is 6.50. The van der Waals surface area contributed by atoms with Crippen LogP contribution in [0.4, 0.5) is 13.2 Å². The fourth-order valence-electron chi connectivity index (χ4n) is 2.93. The molecule has 1 atom stereocenters. The Balaban J connectivity index is 1.59. The van der Waals surface area contributed by atoms with Gasteiger partial charge in [-0.1, -0.05) is 12.1 Å². The van der Waals surface area contributed by atoms with E-state index >= 15 is 0 Å².